The van der Waals surface area contributed by atoms with Crippen molar-refractivity contribution in [1.82, 2.24) is 0 Å². The smallest absolute Gasteiger partial charge is 0.330 e. The Labute approximate surface area is 142 Å². The molecule has 5 nitrogen and oxygen atoms in total. The second-order valence-corrected chi connectivity index (χ2v) is 6.27. The Hall–Kier alpha value is -1.69. The molecule has 2 aliphatic rings. The van der Waals surface area contributed by atoms with Crippen molar-refractivity contribution in [2.24, 2.45) is 0 Å². The number of ether oxygens (including phenoxy) is 2. The van der Waals surface area contributed by atoms with E-state index in [9.17, 15) is 4.79 Å². The van der Waals surface area contributed by atoms with Crippen molar-refractivity contribution in [2.45, 2.75) is 50.4 Å². The van der Waals surface area contributed by atoms with E-state index < -0.39 is 17.4 Å². The van der Waals surface area contributed by atoms with E-state index in [4.69, 9.17) is 19.2 Å². The van der Waals surface area contributed by atoms with Crippen LogP contribution in [-0.4, -0.2) is 25.0 Å². The maximum atomic E-state index is 11.7. The predicted octanol–water partition coefficient (Wildman–Crippen LogP) is 3.64. The molecule has 24 heavy (non-hydrogen) atoms. The molecular weight excluding hydrogens is 308 g/mol. The molecule has 2 fully saturated rings. The number of rotatable bonds is 4. The van der Waals surface area contributed by atoms with Gasteiger partial charge in [0.25, 0.3) is 0 Å². The summed E-state index contributed by atoms with van der Waals surface area (Å²) >= 11 is 0. The average molecular weight is 332 g/mol. The van der Waals surface area contributed by atoms with Crippen molar-refractivity contribution >= 4 is 5.97 Å². The lowest BCUT2D eigenvalue weighted by molar-refractivity contribution is -0.512. The van der Waals surface area contributed by atoms with E-state index in [0.717, 1.165) is 31.2 Å². The lowest BCUT2D eigenvalue weighted by Crippen LogP contribution is -2.50. The lowest BCUT2D eigenvalue weighted by Gasteiger charge is -2.45. The molecule has 1 heterocycles. The Balaban J connectivity index is 1.81. The molecule has 1 unspecified atom stereocenters. The van der Waals surface area contributed by atoms with E-state index in [-0.39, 0.29) is 0 Å². The molecule has 1 aromatic carbocycles. The van der Waals surface area contributed by atoms with Gasteiger partial charge >= 0.3 is 5.97 Å². The van der Waals surface area contributed by atoms with Gasteiger partial charge in [-0.3, -0.25) is 0 Å². The highest BCUT2D eigenvalue weighted by atomic mass is 17.2. The number of hydrogen-bond acceptors (Lipinski definition) is 5. The van der Waals surface area contributed by atoms with Crippen LogP contribution in [0.15, 0.2) is 42.5 Å². The summed E-state index contributed by atoms with van der Waals surface area (Å²) in [5.74, 6) is -1.05. The summed E-state index contributed by atoms with van der Waals surface area (Å²) in [4.78, 5) is 23.3. The summed E-state index contributed by atoms with van der Waals surface area (Å²) in [6.45, 7) is 2.40. The number of carbonyl (C=O) groups excluding carboxylic acids is 1. The normalized spacial score (nSPS) is 26.5. The highest BCUT2D eigenvalue weighted by Gasteiger charge is 2.47. The van der Waals surface area contributed by atoms with Crippen molar-refractivity contribution in [3.8, 4) is 0 Å². The quantitative estimate of drug-likeness (QED) is 0.479. The minimum absolute atomic E-state index is 0.299. The maximum Gasteiger partial charge on any atom is 0.330 e. The van der Waals surface area contributed by atoms with Gasteiger partial charge in [0.05, 0.1) is 13.2 Å². The summed E-state index contributed by atoms with van der Waals surface area (Å²) < 4.78 is 11.1. The van der Waals surface area contributed by atoms with Gasteiger partial charge in [-0.25, -0.2) is 9.68 Å². The number of benzene rings is 1. The first-order valence-electron chi connectivity index (χ1n) is 8.60. The Morgan fingerprint density at radius 1 is 1.17 bits per heavy atom. The van der Waals surface area contributed by atoms with Crippen LogP contribution in [0.5, 0.6) is 0 Å². The first-order chi connectivity index (χ1) is 11.7. The van der Waals surface area contributed by atoms with E-state index >= 15 is 0 Å². The molecule has 3 rings (SSSR count). The van der Waals surface area contributed by atoms with Gasteiger partial charge in [0, 0.05) is 18.9 Å². The monoisotopic (exact) mass is 332 g/mol. The van der Waals surface area contributed by atoms with Gasteiger partial charge in [0.15, 0.2) is 5.60 Å². The molecule has 130 valence electrons. The number of hydrogen-bond donors (Lipinski definition) is 0. The molecule has 0 radical (unpaired) electrons. The molecular formula is C19H24O5. The van der Waals surface area contributed by atoms with Gasteiger partial charge in [-0.05, 0) is 31.4 Å². The molecule has 5 heteroatoms. The van der Waals surface area contributed by atoms with Crippen LogP contribution in [-0.2, 0) is 29.6 Å². The Kier molecular flexibility index (Phi) is 5.33. The predicted molar refractivity (Wildman–Crippen MR) is 87.8 cm³/mol. The zero-order valence-electron chi connectivity index (χ0n) is 14.0. The van der Waals surface area contributed by atoms with Crippen molar-refractivity contribution < 1.29 is 24.0 Å². The Morgan fingerprint density at radius 2 is 1.92 bits per heavy atom. The molecule has 1 aliphatic carbocycles. The van der Waals surface area contributed by atoms with E-state index in [1.165, 1.54) is 12.5 Å². The highest BCUT2D eigenvalue weighted by molar-refractivity contribution is 5.82. The van der Waals surface area contributed by atoms with Crippen molar-refractivity contribution in [3.05, 3.63) is 48.0 Å². The SMILES string of the molecule is CCOC(=O)/C=C/C1(c2ccccc2)COC2(CCCCC2)OO1. The molecule has 1 saturated carbocycles. The van der Waals surface area contributed by atoms with Crippen molar-refractivity contribution in [2.75, 3.05) is 13.2 Å². The second kappa shape index (κ2) is 7.47. The number of esters is 1. The maximum absolute atomic E-state index is 11.7. The largest absolute Gasteiger partial charge is 0.463 e. The third kappa shape index (κ3) is 3.69. The summed E-state index contributed by atoms with van der Waals surface area (Å²) in [6, 6.07) is 9.63. The molecule has 1 atom stereocenters. The van der Waals surface area contributed by atoms with Crippen LogP contribution in [0, 0.1) is 0 Å². The van der Waals surface area contributed by atoms with Gasteiger partial charge in [-0.1, -0.05) is 36.8 Å². The van der Waals surface area contributed by atoms with E-state index in [1.54, 1.807) is 13.0 Å². The topological polar surface area (TPSA) is 54.0 Å². The minimum atomic E-state index is -0.948. The fraction of sp³-hybridized carbons (Fsp3) is 0.526. The first-order valence-corrected chi connectivity index (χ1v) is 8.60. The Bertz CT molecular complexity index is 565. The van der Waals surface area contributed by atoms with Gasteiger partial charge < -0.3 is 9.47 Å². The zero-order chi connectivity index (χ0) is 16.9. The molecule has 1 aliphatic heterocycles. The van der Waals surface area contributed by atoms with Crippen LogP contribution in [0.1, 0.15) is 44.6 Å². The fourth-order valence-corrected chi connectivity index (χ4v) is 3.17. The highest BCUT2D eigenvalue weighted by Crippen LogP contribution is 2.42. The first kappa shape index (κ1) is 17.1. The Morgan fingerprint density at radius 3 is 2.54 bits per heavy atom. The molecule has 1 aromatic rings. The lowest BCUT2D eigenvalue weighted by atomic mass is 9.91. The molecule has 0 amide bonds. The van der Waals surface area contributed by atoms with Crippen LogP contribution in [0.2, 0.25) is 0 Å². The summed E-state index contributed by atoms with van der Waals surface area (Å²) in [6.07, 6.45) is 8.04. The summed E-state index contributed by atoms with van der Waals surface area (Å²) in [7, 11) is 0. The van der Waals surface area contributed by atoms with Crippen LogP contribution < -0.4 is 0 Å². The standard InChI is InChI=1S/C19H24O5/c1-2-21-17(20)11-14-18(16-9-5-3-6-10-16)15-22-19(24-23-18)12-7-4-8-13-19/h3,5-6,9-11,14H,2,4,7-8,12-13,15H2,1H3/b14-11+. The van der Waals surface area contributed by atoms with Gasteiger partial charge in [-0.2, -0.15) is 4.89 Å². The average Bonchev–Trinajstić information content (AvgIpc) is 2.63. The van der Waals surface area contributed by atoms with E-state index in [0.29, 0.717) is 13.2 Å². The molecule has 0 N–H and O–H groups in total. The molecule has 1 spiro atoms. The second-order valence-electron chi connectivity index (χ2n) is 6.27. The minimum Gasteiger partial charge on any atom is -0.463 e. The zero-order valence-corrected chi connectivity index (χ0v) is 14.0. The summed E-state index contributed by atoms with van der Waals surface area (Å²) in [5.41, 5.74) is -0.0762. The van der Waals surface area contributed by atoms with E-state index in [1.807, 2.05) is 30.3 Å². The number of carbonyl (C=O) groups is 1. The molecule has 1 saturated heterocycles. The van der Waals surface area contributed by atoms with Crippen LogP contribution >= 0.6 is 0 Å². The third-order valence-electron chi connectivity index (χ3n) is 4.54. The van der Waals surface area contributed by atoms with Gasteiger partial charge in [-0.15, -0.1) is 0 Å². The van der Waals surface area contributed by atoms with E-state index in [2.05, 4.69) is 0 Å². The molecule has 0 bridgehead atoms. The molecule has 0 aromatic heterocycles. The van der Waals surface area contributed by atoms with Crippen molar-refractivity contribution in [1.29, 1.82) is 0 Å². The van der Waals surface area contributed by atoms with Gasteiger partial charge in [0.2, 0.25) is 5.79 Å². The van der Waals surface area contributed by atoms with Crippen LogP contribution in [0.25, 0.3) is 0 Å². The third-order valence-corrected chi connectivity index (χ3v) is 4.54. The van der Waals surface area contributed by atoms with Crippen LogP contribution in [0.4, 0.5) is 0 Å². The fourth-order valence-electron chi connectivity index (χ4n) is 3.17. The van der Waals surface area contributed by atoms with Crippen LogP contribution in [0.3, 0.4) is 0 Å². The summed E-state index contributed by atoms with van der Waals surface area (Å²) in [5, 5.41) is 0. The van der Waals surface area contributed by atoms with Crippen molar-refractivity contribution in [3.63, 3.8) is 0 Å². The van der Waals surface area contributed by atoms with Gasteiger partial charge in [0.1, 0.15) is 0 Å².